The van der Waals surface area contributed by atoms with Crippen LogP contribution in [-0.4, -0.2) is 35.8 Å². The zero-order valence-corrected chi connectivity index (χ0v) is 18.4. The number of amides is 1. The fraction of sp³-hybridized carbons (Fsp3) is 0.350. The highest BCUT2D eigenvalue weighted by atomic mass is 32.2. The third kappa shape index (κ3) is 4.10. The highest BCUT2D eigenvalue weighted by Crippen LogP contribution is 2.22. The van der Waals surface area contributed by atoms with Gasteiger partial charge in [-0.05, 0) is 25.5 Å². The Hall–Kier alpha value is -2.72. The third-order valence-corrected chi connectivity index (χ3v) is 6.47. The van der Waals surface area contributed by atoms with Crippen molar-refractivity contribution in [3.05, 3.63) is 45.7 Å². The molecule has 4 rings (SSSR count). The first-order valence-corrected chi connectivity index (χ1v) is 11.7. The lowest BCUT2D eigenvalue weighted by atomic mass is 10.2. The van der Waals surface area contributed by atoms with Crippen molar-refractivity contribution in [2.24, 2.45) is 0 Å². The molecule has 0 spiro atoms. The summed E-state index contributed by atoms with van der Waals surface area (Å²) in [5, 5.41) is 15.0. The number of anilines is 1. The first kappa shape index (κ1) is 20.5. The zero-order chi connectivity index (χ0) is 21.1. The van der Waals surface area contributed by atoms with Gasteiger partial charge in [0.2, 0.25) is 11.7 Å². The molecule has 1 amide bonds. The van der Waals surface area contributed by atoms with Crippen molar-refractivity contribution in [3.63, 3.8) is 0 Å². The number of carbonyl (C=O) groups is 1. The number of hydrogen-bond acceptors (Lipinski definition) is 7. The summed E-state index contributed by atoms with van der Waals surface area (Å²) in [7, 11) is 0. The van der Waals surface area contributed by atoms with Crippen molar-refractivity contribution in [1.29, 1.82) is 0 Å². The lowest BCUT2D eigenvalue weighted by molar-refractivity contribution is -0.113. The Balaban J connectivity index is 1.65. The summed E-state index contributed by atoms with van der Waals surface area (Å²) in [6.07, 6.45) is 3.01. The van der Waals surface area contributed by atoms with E-state index in [0.29, 0.717) is 28.0 Å². The molecule has 0 bridgehead atoms. The van der Waals surface area contributed by atoms with Crippen LogP contribution in [0.15, 0.2) is 39.6 Å². The minimum Gasteiger partial charge on any atom is -0.301 e. The molecule has 4 aromatic rings. The van der Waals surface area contributed by atoms with Gasteiger partial charge in [0.25, 0.3) is 5.56 Å². The predicted octanol–water partition coefficient (Wildman–Crippen LogP) is 3.73. The molecule has 30 heavy (non-hydrogen) atoms. The molecule has 0 atom stereocenters. The fourth-order valence-electron chi connectivity index (χ4n) is 3.25. The van der Waals surface area contributed by atoms with Gasteiger partial charge in [-0.25, -0.2) is 4.98 Å². The Morgan fingerprint density at radius 2 is 2.07 bits per heavy atom. The highest BCUT2D eigenvalue weighted by Gasteiger charge is 2.17. The van der Waals surface area contributed by atoms with E-state index in [0.717, 1.165) is 30.5 Å². The van der Waals surface area contributed by atoms with Crippen molar-refractivity contribution in [3.8, 4) is 0 Å². The molecule has 0 saturated heterocycles. The molecular formula is C20H22N6O2S2. The topological polar surface area (TPSA) is 94.2 Å². The van der Waals surface area contributed by atoms with Crippen LogP contribution in [0.1, 0.15) is 31.9 Å². The van der Waals surface area contributed by atoms with E-state index >= 15 is 0 Å². The van der Waals surface area contributed by atoms with Gasteiger partial charge in [0.05, 0.1) is 22.3 Å². The second-order valence-corrected chi connectivity index (χ2v) is 8.73. The molecule has 0 unspecified atom stereocenters. The molecule has 10 heteroatoms. The second kappa shape index (κ2) is 8.97. The van der Waals surface area contributed by atoms with Gasteiger partial charge in [-0.1, -0.05) is 43.7 Å². The number of benzene rings is 1. The van der Waals surface area contributed by atoms with E-state index in [-0.39, 0.29) is 17.2 Å². The van der Waals surface area contributed by atoms with E-state index in [2.05, 4.69) is 27.4 Å². The molecule has 0 saturated carbocycles. The summed E-state index contributed by atoms with van der Waals surface area (Å²) in [5.41, 5.74) is 1.56. The van der Waals surface area contributed by atoms with Crippen molar-refractivity contribution in [1.82, 2.24) is 24.1 Å². The second-order valence-electron chi connectivity index (χ2n) is 6.93. The van der Waals surface area contributed by atoms with Gasteiger partial charge in [0, 0.05) is 11.9 Å². The lowest BCUT2D eigenvalue weighted by Crippen LogP contribution is -2.23. The van der Waals surface area contributed by atoms with E-state index in [1.807, 2.05) is 41.0 Å². The summed E-state index contributed by atoms with van der Waals surface area (Å²) in [5.74, 6) is 0.517. The summed E-state index contributed by atoms with van der Waals surface area (Å²) in [4.78, 5) is 29.6. The van der Waals surface area contributed by atoms with Gasteiger partial charge in [-0.15, -0.1) is 21.5 Å². The molecule has 3 heterocycles. The molecule has 0 aliphatic carbocycles. The normalized spacial score (nSPS) is 11.4. The molecule has 1 N–H and O–H groups in total. The Labute approximate surface area is 181 Å². The molecule has 156 valence electrons. The monoisotopic (exact) mass is 442 g/mol. The predicted molar refractivity (Wildman–Crippen MR) is 120 cm³/mol. The SMILES string of the molecule is CCCCCn1c(=O)c2ccccc2n2c(SCC(=O)Nc3nc(C)cs3)nnc12. The van der Waals surface area contributed by atoms with Gasteiger partial charge in [-0.3, -0.25) is 18.6 Å². The van der Waals surface area contributed by atoms with E-state index in [1.165, 1.54) is 23.1 Å². The number of nitrogens with zero attached hydrogens (tertiary/aromatic N) is 5. The van der Waals surface area contributed by atoms with E-state index < -0.39 is 0 Å². The van der Waals surface area contributed by atoms with Crippen LogP contribution in [-0.2, 0) is 11.3 Å². The minimum absolute atomic E-state index is 0.0602. The van der Waals surface area contributed by atoms with Crippen molar-refractivity contribution in [2.45, 2.75) is 44.8 Å². The van der Waals surface area contributed by atoms with Crippen LogP contribution in [0, 0.1) is 6.92 Å². The number of fused-ring (bicyclic) bond motifs is 3. The van der Waals surface area contributed by atoms with Gasteiger partial charge in [0.15, 0.2) is 10.3 Å². The molecule has 3 aromatic heterocycles. The highest BCUT2D eigenvalue weighted by molar-refractivity contribution is 7.99. The zero-order valence-electron chi connectivity index (χ0n) is 16.8. The van der Waals surface area contributed by atoms with E-state index in [9.17, 15) is 9.59 Å². The van der Waals surface area contributed by atoms with Crippen LogP contribution in [0.25, 0.3) is 16.7 Å². The molecule has 0 fully saturated rings. The molecule has 8 nitrogen and oxygen atoms in total. The molecular weight excluding hydrogens is 420 g/mol. The first-order chi connectivity index (χ1) is 14.6. The Morgan fingerprint density at radius 3 is 2.83 bits per heavy atom. The quantitative estimate of drug-likeness (QED) is 0.330. The standard InChI is InChI=1S/C20H22N6O2S2/c1-3-4-7-10-25-17(28)14-8-5-6-9-15(14)26-19(25)23-24-20(26)30-12-16(27)22-18-21-13(2)11-29-18/h5-6,8-9,11H,3-4,7,10,12H2,1-2H3,(H,21,22,27). The van der Waals surface area contributed by atoms with Crippen LogP contribution in [0.5, 0.6) is 0 Å². The molecule has 0 radical (unpaired) electrons. The maximum Gasteiger partial charge on any atom is 0.262 e. The average molecular weight is 443 g/mol. The molecule has 0 aliphatic heterocycles. The Morgan fingerprint density at radius 1 is 1.23 bits per heavy atom. The van der Waals surface area contributed by atoms with Crippen molar-refractivity contribution in [2.75, 3.05) is 11.1 Å². The summed E-state index contributed by atoms with van der Waals surface area (Å²) >= 11 is 2.68. The first-order valence-electron chi connectivity index (χ1n) is 9.80. The lowest BCUT2D eigenvalue weighted by Gasteiger charge is -2.11. The number of aromatic nitrogens is 5. The van der Waals surface area contributed by atoms with Crippen LogP contribution >= 0.6 is 23.1 Å². The Bertz CT molecular complexity index is 1260. The fourth-order valence-corrected chi connectivity index (χ4v) is 4.69. The van der Waals surface area contributed by atoms with Crippen LogP contribution in [0.3, 0.4) is 0 Å². The van der Waals surface area contributed by atoms with Gasteiger partial charge >= 0.3 is 0 Å². The maximum absolute atomic E-state index is 13.0. The summed E-state index contributed by atoms with van der Waals surface area (Å²) in [6.45, 7) is 4.60. The number of aryl methyl sites for hydroxylation is 2. The van der Waals surface area contributed by atoms with Crippen LogP contribution in [0.4, 0.5) is 5.13 Å². The molecule has 0 aliphatic rings. The van der Waals surface area contributed by atoms with Crippen LogP contribution in [0.2, 0.25) is 0 Å². The smallest absolute Gasteiger partial charge is 0.262 e. The van der Waals surface area contributed by atoms with Crippen molar-refractivity contribution < 1.29 is 4.79 Å². The number of nitrogens with one attached hydrogen (secondary N) is 1. The van der Waals surface area contributed by atoms with Crippen molar-refractivity contribution >= 4 is 50.8 Å². The van der Waals surface area contributed by atoms with E-state index in [1.54, 1.807) is 4.57 Å². The number of rotatable bonds is 8. The summed E-state index contributed by atoms with van der Waals surface area (Å²) in [6, 6.07) is 7.44. The van der Waals surface area contributed by atoms with Crippen LogP contribution < -0.4 is 10.9 Å². The number of unbranched alkanes of at least 4 members (excludes halogenated alkanes) is 2. The number of thioether (sulfide) groups is 1. The van der Waals surface area contributed by atoms with Gasteiger partial charge < -0.3 is 5.32 Å². The average Bonchev–Trinajstić information content (AvgIpc) is 3.35. The Kier molecular flexibility index (Phi) is 6.14. The van der Waals surface area contributed by atoms with Gasteiger partial charge in [-0.2, -0.15) is 0 Å². The summed E-state index contributed by atoms with van der Waals surface area (Å²) < 4.78 is 3.56. The van der Waals surface area contributed by atoms with Gasteiger partial charge in [0.1, 0.15) is 0 Å². The minimum atomic E-state index is -0.160. The number of para-hydroxylation sites is 1. The van der Waals surface area contributed by atoms with E-state index in [4.69, 9.17) is 0 Å². The molecule has 1 aromatic carbocycles. The number of thiazole rings is 1. The maximum atomic E-state index is 13.0. The number of carbonyl (C=O) groups excluding carboxylic acids is 1. The third-order valence-electron chi connectivity index (χ3n) is 4.66. The largest absolute Gasteiger partial charge is 0.301 e. The number of hydrogen-bond donors (Lipinski definition) is 1.